The van der Waals surface area contributed by atoms with Gasteiger partial charge in [0, 0.05) is 25.2 Å². The highest BCUT2D eigenvalue weighted by Crippen LogP contribution is 2.36. The van der Waals surface area contributed by atoms with E-state index in [1.165, 1.54) is 64.6 Å². The summed E-state index contributed by atoms with van der Waals surface area (Å²) in [5, 5.41) is 3.81. The van der Waals surface area contributed by atoms with Gasteiger partial charge in [0.25, 0.3) is 0 Å². The molecule has 0 aromatic carbocycles. The minimum atomic E-state index is 0.822. The third-order valence-electron chi connectivity index (χ3n) is 4.90. The van der Waals surface area contributed by atoms with Crippen LogP contribution in [0.1, 0.15) is 51.9 Å². The van der Waals surface area contributed by atoms with Gasteiger partial charge >= 0.3 is 0 Å². The Morgan fingerprint density at radius 1 is 1.12 bits per heavy atom. The van der Waals surface area contributed by atoms with E-state index in [0.29, 0.717) is 0 Å². The molecule has 2 unspecified atom stereocenters. The lowest BCUT2D eigenvalue weighted by Crippen LogP contribution is -2.57. The van der Waals surface area contributed by atoms with E-state index in [1.54, 1.807) is 0 Å². The first-order valence-electron chi connectivity index (χ1n) is 7.84. The van der Waals surface area contributed by atoms with Crippen LogP contribution in [0.5, 0.6) is 0 Å². The standard InChI is InChI=1S/C15H28N2/c1-2-3-14-10-16-15(13-6-7-13)11-17(14)9-8-12-4-5-12/h12-16H,2-11H2,1H3. The maximum absolute atomic E-state index is 3.81. The van der Waals surface area contributed by atoms with E-state index >= 15 is 0 Å². The Balaban J connectivity index is 1.51. The third-order valence-corrected chi connectivity index (χ3v) is 4.90. The van der Waals surface area contributed by atoms with E-state index in [4.69, 9.17) is 0 Å². The Hall–Kier alpha value is -0.0800. The highest BCUT2D eigenvalue weighted by atomic mass is 15.2. The molecule has 3 aliphatic rings. The molecular weight excluding hydrogens is 208 g/mol. The first kappa shape index (κ1) is 12.0. The lowest BCUT2D eigenvalue weighted by Gasteiger charge is -2.41. The largest absolute Gasteiger partial charge is 0.311 e. The van der Waals surface area contributed by atoms with E-state index in [1.807, 2.05) is 0 Å². The summed E-state index contributed by atoms with van der Waals surface area (Å²) in [6.45, 7) is 6.29. The third kappa shape index (κ3) is 3.23. The van der Waals surface area contributed by atoms with Gasteiger partial charge in [-0.1, -0.05) is 26.2 Å². The second kappa shape index (κ2) is 5.27. The average Bonchev–Trinajstić information content (AvgIpc) is 3.20. The summed E-state index contributed by atoms with van der Waals surface area (Å²) >= 11 is 0. The van der Waals surface area contributed by atoms with Crippen molar-refractivity contribution in [3.05, 3.63) is 0 Å². The van der Waals surface area contributed by atoms with Crippen LogP contribution in [0.4, 0.5) is 0 Å². The second-order valence-electron chi connectivity index (χ2n) is 6.52. The zero-order valence-electron chi connectivity index (χ0n) is 11.3. The van der Waals surface area contributed by atoms with Crippen molar-refractivity contribution in [1.82, 2.24) is 10.2 Å². The summed E-state index contributed by atoms with van der Waals surface area (Å²) in [6, 6.07) is 1.65. The van der Waals surface area contributed by atoms with Crippen molar-refractivity contribution in [3.63, 3.8) is 0 Å². The second-order valence-corrected chi connectivity index (χ2v) is 6.52. The molecule has 1 saturated heterocycles. The summed E-state index contributed by atoms with van der Waals surface area (Å²) < 4.78 is 0. The molecular formula is C15H28N2. The molecule has 98 valence electrons. The monoisotopic (exact) mass is 236 g/mol. The summed E-state index contributed by atoms with van der Waals surface area (Å²) in [4.78, 5) is 2.82. The quantitative estimate of drug-likeness (QED) is 0.763. The van der Waals surface area contributed by atoms with Crippen LogP contribution in [0.3, 0.4) is 0 Å². The van der Waals surface area contributed by atoms with Crippen LogP contribution >= 0.6 is 0 Å². The molecule has 0 amide bonds. The van der Waals surface area contributed by atoms with E-state index in [2.05, 4.69) is 17.1 Å². The van der Waals surface area contributed by atoms with Crippen LogP contribution in [0.25, 0.3) is 0 Å². The normalized spacial score (nSPS) is 35.1. The molecule has 0 spiro atoms. The number of hydrogen-bond donors (Lipinski definition) is 1. The summed E-state index contributed by atoms with van der Waals surface area (Å²) in [5.41, 5.74) is 0. The van der Waals surface area contributed by atoms with Crippen molar-refractivity contribution in [1.29, 1.82) is 0 Å². The van der Waals surface area contributed by atoms with Crippen molar-refractivity contribution in [2.75, 3.05) is 19.6 Å². The van der Waals surface area contributed by atoms with Crippen molar-refractivity contribution in [2.24, 2.45) is 11.8 Å². The summed E-state index contributed by atoms with van der Waals surface area (Å²) in [7, 11) is 0. The average molecular weight is 236 g/mol. The maximum Gasteiger partial charge on any atom is 0.0224 e. The predicted octanol–water partition coefficient (Wildman–Crippen LogP) is 2.64. The van der Waals surface area contributed by atoms with Crippen molar-refractivity contribution < 1.29 is 0 Å². The van der Waals surface area contributed by atoms with Gasteiger partial charge in [0.15, 0.2) is 0 Å². The van der Waals surface area contributed by atoms with E-state index in [-0.39, 0.29) is 0 Å². The highest BCUT2D eigenvalue weighted by Gasteiger charge is 2.37. The molecule has 0 aromatic rings. The highest BCUT2D eigenvalue weighted by molar-refractivity contribution is 4.94. The molecule has 3 fully saturated rings. The van der Waals surface area contributed by atoms with E-state index < -0.39 is 0 Å². The number of piperazine rings is 1. The van der Waals surface area contributed by atoms with Crippen LogP contribution in [0.2, 0.25) is 0 Å². The fraction of sp³-hybridized carbons (Fsp3) is 1.00. The van der Waals surface area contributed by atoms with Crippen LogP contribution in [0, 0.1) is 11.8 Å². The molecule has 0 aromatic heterocycles. The summed E-state index contributed by atoms with van der Waals surface area (Å²) in [6.07, 6.45) is 10.2. The van der Waals surface area contributed by atoms with Gasteiger partial charge in [-0.25, -0.2) is 0 Å². The van der Waals surface area contributed by atoms with Gasteiger partial charge in [-0.3, -0.25) is 4.90 Å². The SMILES string of the molecule is CCCC1CNC(C2CC2)CN1CCC1CC1. The zero-order chi connectivity index (χ0) is 11.7. The van der Waals surface area contributed by atoms with Crippen LogP contribution in [-0.2, 0) is 0 Å². The molecule has 1 N–H and O–H groups in total. The van der Waals surface area contributed by atoms with Crippen LogP contribution < -0.4 is 5.32 Å². The van der Waals surface area contributed by atoms with Gasteiger partial charge in [-0.15, -0.1) is 0 Å². The molecule has 3 rings (SSSR count). The molecule has 2 atom stereocenters. The number of hydrogen-bond acceptors (Lipinski definition) is 2. The fourth-order valence-corrected chi connectivity index (χ4v) is 3.34. The maximum atomic E-state index is 3.81. The molecule has 1 aliphatic heterocycles. The van der Waals surface area contributed by atoms with Crippen LogP contribution in [0.15, 0.2) is 0 Å². The van der Waals surface area contributed by atoms with E-state index in [9.17, 15) is 0 Å². The lowest BCUT2D eigenvalue weighted by atomic mass is 10.0. The first-order chi connectivity index (χ1) is 8.36. The van der Waals surface area contributed by atoms with Gasteiger partial charge in [0.05, 0.1) is 0 Å². The van der Waals surface area contributed by atoms with Gasteiger partial charge in [-0.05, 0) is 44.1 Å². The Morgan fingerprint density at radius 3 is 2.59 bits per heavy atom. The van der Waals surface area contributed by atoms with Gasteiger partial charge in [0.2, 0.25) is 0 Å². The van der Waals surface area contributed by atoms with Gasteiger partial charge in [0.1, 0.15) is 0 Å². The molecule has 2 heteroatoms. The van der Waals surface area contributed by atoms with Gasteiger partial charge in [-0.2, -0.15) is 0 Å². The minimum absolute atomic E-state index is 0.822. The first-order valence-corrected chi connectivity index (χ1v) is 7.84. The molecule has 2 aliphatic carbocycles. The topological polar surface area (TPSA) is 15.3 Å². The van der Waals surface area contributed by atoms with Crippen molar-refractivity contribution in [3.8, 4) is 0 Å². The lowest BCUT2D eigenvalue weighted by molar-refractivity contribution is 0.112. The van der Waals surface area contributed by atoms with Crippen molar-refractivity contribution >= 4 is 0 Å². The fourth-order valence-electron chi connectivity index (χ4n) is 3.34. The Kier molecular flexibility index (Phi) is 3.72. The molecule has 1 heterocycles. The molecule has 0 radical (unpaired) electrons. The van der Waals surface area contributed by atoms with Gasteiger partial charge < -0.3 is 5.32 Å². The number of nitrogens with zero attached hydrogens (tertiary/aromatic N) is 1. The predicted molar refractivity (Wildman–Crippen MR) is 72.1 cm³/mol. The van der Waals surface area contributed by atoms with E-state index in [0.717, 1.165) is 23.9 Å². The van der Waals surface area contributed by atoms with Crippen molar-refractivity contribution in [2.45, 2.75) is 64.0 Å². The number of nitrogens with one attached hydrogen (secondary N) is 1. The number of rotatable bonds is 6. The molecule has 0 bridgehead atoms. The summed E-state index contributed by atoms with van der Waals surface area (Å²) in [5.74, 6) is 2.10. The zero-order valence-corrected chi connectivity index (χ0v) is 11.3. The van der Waals surface area contributed by atoms with Crippen LogP contribution in [-0.4, -0.2) is 36.6 Å². The molecule has 2 nitrogen and oxygen atoms in total. The smallest absolute Gasteiger partial charge is 0.0224 e. The molecule has 17 heavy (non-hydrogen) atoms. The Bertz CT molecular complexity index is 245. The Morgan fingerprint density at radius 2 is 1.94 bits per heavy atom. The Labute approximate surface area is 106 Å². The minimum Gasteiger partial charge on any atom is -0.311 e. The molecule has 2 saturated carbocycles.